The Balaban J connectivity index is 0.00000338. The summed E-state index contributed by atoms with van der Waals surface area (Å²) in [5, 5.41) is 11.6. The second-order valence-corrected chi connectivity index (χ2v) is 5.92. The number of likely N-dealkylation sites (tertiary alicyclic amines) is 1. The highest BCUT2D eigenvalue weighted by molar-refractivity contribution is 5.85. The van der Waals surface area contributed by atoms with Gasteiger partial charge in [0.1, 0.15) is 5.75 Å². The van der Waals surface area contributed by atoms with E-state index in [9.17, 15) is 22.8 Å². The Morgan fingerprint density at radius 3 is 2.58 bits per heavy atom. The molecule has 0 saturated carbocycles. The molecule has 1 aliphatic heterocycles. The summed E-state index contributed by atoms with van der Waals surface area (Å²) in [6, 6.07) is 7.01. The minimum atomic E-state index is -4.60. The Morgan fingerprint density at radius 2 is 2.04 bits per heavy atom. The Morgan fingerprint density at radius 1 is 1.35 bits per heavy atom. The first kappa shape index (κ1) is 22.0. The number of hydrogen-bond acceptors (Lipinski definition) is 4. The fourth-order valence-electron chi connectivity index (χ4n) is 2.84. The first-order chi connectivity index (χ1) is 11.7. The fourth-order valence-corrected chi connectivity index (χ4v) is 2.84. The molecule has 1 heterocycles. The van der Waals surface area contributed by atoms with Crippen molar-refractivity contribution in [2.24, 2.45) is 11.8 Å². The smallest absolute Gasteiger partial charge is 0.393 e. The number of methoxy groups -OCH3 is 1. The van der Waals surface area contributed by atoms with Crippen LogP contribution in [0.2, 0.25) is 0 Å². The molecule has 2 rings (SSSR count). The number of hydrogen-bond donors (Lipinski definition) is 2. The van der Waals surface area contributed by atoms with Crippen LogP contribution >= 0.6 is 12.4 Å². The van der Waals surface area contributed by atoms with E-state index in [1.165, 1.54) is 12.0 Å². The number of amides is 1. The number of halogens is 4. The summed E-state index contributed by atoms with van der Waals surface area (Å²) in [5.74, 6) is -4.85. The molecule has 2 N–H and O–H groups in total. The molecule has 1 aromatic carbocycles. The van der Waals surface area contributed by atoms with Gasteiger partial charge in [0.05, 0.1) is 25.5 Å². The minimum absolute atomic E-state index is 0. The van der Waals surface area contributed by atoms with Gasteiger partial charge in [-0.05, 0) is 17.7 Å². The van der Waals surface area contributed by atoms with Crippen molar-refractivity contribution >= 4 is 24.3 Å². The van der Waals surface area contributed by atoms with E-state index in [0.29, 0.717) is 5.75 Å². The fraction of sp³-hybridized carbons (Fsp3) is 0.500. The average molecular weight is 397 g/mol. The van der Waals surface area contributed by atoms with E-state index in [1.807, 2.05) is 0 Å². The Bertz CT molecular complexity index is 642. The molecular formula is C16H20ClF3N2O4. The summed E-state index contributed by atoms with van der Waals surface area (Å²) >= 11 is 0. The number of ether oxygens (including phenoxy) is 1. The van der Waals surface area contributed by atoms with Crippen LogP contribution in [0.5, 0.6) is 5.75 Å². The summed E-state index contributed by atoms with van der Waals surface area (Å²) in [6.45, 7) is -0.867. The summed E-state index contributed by atoms with van der Waals surface area (Å²) in [4.78, 5) is 24.2. The largest absolute Gasteiger partial charge is 0.497 e. The predicted molar refractivity (Wildman–Crippen MR) is 89.2 cm³/mol. The third-order valence-corrected chi connectivity index (χ3v) is 4.12. The first-order valence-electron chi connectivity index (χ1n) is 7.62. The number of carboxylic acid groups (broad SMARTS) is 1. The molecule has 1 aliphatic rings. The lowest BCUT2D eigenvalue weighted by molar-refractivity contribution is -0.188. The summed E-state index contributed by atoms with van der Waals surface area (Å²) in [5.41, 5.74) is 0.783. The maximum atomic E-state index is 12.9. The van der Waals surface area contributed by atoms with Crippen LogP contribution < -0.4 is 10.1 Å². The van der Waals surface area contributed by atoms with Crippen LogP contribution in [0.1, 0.15) is 5.56 Å². The molecule has 10 heteroatoms. The van der Waals surface area contributed by atoms with Crippen molar-refractivity contribution in [3.8, 4) is 5.75 Å². The van der Waals surface area contributed by atoms with Crippen molar-refractivity contribution in [2.75, 3.05) is 26.7 Å². The number of nitrogens with one attached hydrogen (secondary N) is 1. The van der Waals surface area contributed by atoms with Crippen LogP contribution in [-0.4, -0.2) is 54.8 Å². The molecule has 1 saturated heterocycles. The van der Waals surface area contributed by atoms with Crippen LogP contribution in [-0.2, 0) is 16.1 Å². The predicted octanol–water partition coefficient (Wildman–Crippen LogP) is 1.93. The van der Waals surface area contributed by atoms with E-state index in [1.54, 1.807) is 24.3 Å². The van der Waals surface area contributed by atoms with Gasteiger partial charge >= 0.3 is 12.1 Å². The summed E-state index contributed by atoms with van der Waals surface area (Å²) < 4.78 is 43.8. The highest BCUT2D eigenvalue weighted by Crippen LogP contribution is 2.37. The maximum Gasteiger partial charge on any atom is 0.393 e. The highest BCUT2D eigenvalue weighted by atomic mass is 35.5. The molecule has 0 aromatic heterocycles. The van der Waals surface area contributed by atoms with Crippen molar-refractivity contribution in [3.63, 3.8) is 0 Å². The second-order valence-electron chi connectivity index (χ2n) is 5.92. The van der Waals surface area contributed by atoms with Gasteiger partial charge in [-0.2, -0.15) is 13.2 Å². The van der Waals surface area contributed by atoms with Gasteiger partial charge < -0.3 is 15.2 Å². The average Bonchev–Trinajstić information content (AvgIpc) is 2.97. The van der Waals surface area contributed by atoms with Crippen LogP contribution in [0.15, 0.2) is 24.3 Å². The zero-order valence-electron chi connectivity index (χ0n) is 14.0. The van der Waals surface area contributed by atoms with Crippen molar-refractivity contribution in [3.05, 3.63) is 29.8 Å². The molecule has 0 unspecified atom stereocenters. The van der Waals surface area contributed by atoms with Crippen LogP contribution in [0.25, 0.3) is 0 Å². The number of benzene rings is 1. The van der Waals surface area contributed by atoms with E-state index < -0.39 is 36.4 Å². The van der Waals surface area contributed by atoms with Crippen molar-refractivity contribution < 1.29 is 32.6 Å². The Kier molecular flexibility index (Phi) is 7.70. The van der Waals surface area contributed by atoms with Gasteiger partial charge in [0.25, 0.3) is 0 Å². The van der Waals surface area contributed by atoms with Gasteiger partial charge in [0.2, 0.25) is 5.91 Å². The molecule has 0 radical (unpaired) electrons. The van der Waals surface area contributed by atoms with Crippen LogP contribution in [0, 0.1) is 11.8 Å². The number of aliphatic carboxylic acids is 1. The molecule has 26 heavy (non-hydrogen) atoms. The van der Waals surface area contributed by atoms with Crippen LogP contribution in [0.3, 0.4) is 0 Å². The number of carbonyl (C=O) groups is 2. The number of alkyl halides is 3. The minimum Gasteiger partial charge on any atom is -0.497 e. The lowest BCUT2D eigenvalue weighted by Crippen LogP contribution is -2.36. The van der Waals surface area contributed by atoms with Gasteiger partial charge in [-0.15, -0.1) is 12.4 Å². The highest BCUT2D eigenvalue weighted by Gasteiger charge is 2.52. The molecule has 1 amide bonds. The summed E-state index contributed by atoms with van der Waals surface area (Å²) in [6.07, 6.45) is -4.60. The first-order valence-corrected chi connectivity index (χ1v) is 7.62. The van der Waals surface area contributed by atoms with Gasteiger partial charge in [-0.3, -0.25) is 14.5 Å². The molecule has 0 aliphatic carbocycles. The SMILES string of the molecule is COc1cccc(CNC(=O)CN2C[C@@H](C(F)(F)F)[C@H](C(=O)O)C2)c1.Cl. The molecule has 0 bridgehead atoms. The molecule has 2 atom stereocenters. The monoisotopic (exact) mass is 396 g/mol. The molecule has 146 valence electrons. The molecule has 1 aromatic rings. The van der Waals surface area contributed by atoms with Gasteiger partial charge in [0, 0.05) is 19.6 Å². The number of rotatable bonds is 6. The van der Waals surface area contributed by atoms with Crippen molar-refractivity contribution in [1.82, 2.24) is 10.2 Å². The normalized spacial score (nSPS) is 20.3. The van der Waals surface area contributed by atoms with Crippen LogP contribution in [0.4, 0.5) is 13.2 Å². The van der Waals surface area contributed by atoms with E-state index >= 15 is 0 Å². The third-order valence-electron chi connectivity index (χ3n) is 4.12. The molecule has 6 nitrogen and oxygen atoms in total. The number of carboxylic acids is 1. The zero-order chi connectivity index (χ0) is 18.6. The van der Waals surface area contributed by atoms with Crippen molar-refractivity contribution in [2.45, 2.75) is 12.7 Å². The number of nitrogens with zero attached hydrogens (tertiary/aromatic N) is 1. The second kappa shape index (κ2) is 9.09. The van der Waals surface area contributed by atoms with Crippen molar-refractivity contribution in [1.29, 1.82) is 0 Å². The van der Waals surface area contributed by atoms with E-state index in [0.717, 1.165) is 5.56 Å². The maximum absolute atomic E-state index is 12.9. The number of carbonyl (C=O) groups excluding carboxylic acids is 1. The lowest BCUT2D eigenvalue weighted by atomic mass is 9.96. The van der Waals surface area contributed by atoms with E-state index in [-0.39, 0.29) is 32.0 Å². The summed E-state index contributed by atoms with van der Waals surface area (Å²) in [7, 11) is 1.51. The molecule has 1 fully saturated rings. The Labute approximate surface area is 154 Å². The van der Waals surface area contributed by atoms with Gasteiger partial charge in [-0.25, -0.2) is 0 Å². The lowest BCUT2D eigenvalue weighted by Gasteiger charge is -2.18. The van der Waals surface area contributed by atoms with Gasteiger partial charge in [0.15, 0.2) is 0 Å². The van der Waals surface area contributed by atoms with Gasteiger partial charge in [-0.1, -0.05) is 12.1 Å². The van der Waals surface area contributed by atoms with E-state index in [4.69, 9.17) is 9.84 Å². The molecule has 0 spiro atoms. The topological polar surface area (TPSA) is 78.9 Å². The standard InChI is InChI=1S/C16H19F3N2O4.ClH/c1-25-11-4-2-3-10(5-11)6-20-14(22)9-21-7-12(15(23)24)13(8-21)16(17,18)19;/h2-5,12-13H,6-9H2,1H3,(H,20,22)(H,23,24);1H/t12-,13-;/m1./s1. The zero-order valence-corrected chi connectivity index (χ0v) is 14.8. The third kappa shape index (κ3) is 5.77. The Hall–Kier alpha value is -2.00. The molecular weight excluding hydrogens is 377 g/mol. The quantitative estimate of drug-likeness (QED) is 0.768. The van der Waals surface area contributed by atoms with E-state index in [2.05, 4.69) is 5.32 Å².